The molecule has 2 aromatic rings. The monoisotopic (exact) mass is 418 g/mol. The largest absolute Gasteiger partial charge is 0.325 e. The zero-order chi connectivity index (χ0) is 20.9. The van der Waals surface area contributed by atoms with Crippen molar-refractivity contribution in [2.75, 3.05) is 38.0 Å². The number of anilines is 1. The van der Waals surface area contributed by atoms with Crippen molar-refractivity contribution in [2.45, 2.75) is 6.92 Å². The average Bonchev–Trinajstić information content (AvgIpc) is 2.70. The molecule has 0 aromatic heterocycles. The minimum Gasteiger partial charge on any atom is -0.325 e. The number of amides is 1. The van der Waals surface area contributed by atoms with Crippen molar-refractivity contribution in [2.24, 2.45) is 0 Å². The van der Waals surface area contributed by atoms with Crippen LogP contribution in [0.4, 0.5) is 10.1 Å². The lowest BCUT2D eigenvalue weighted by molar-refractivity contribution is -0.895. The van der Waals surface area contributed by atoms with Gasteiger partial charge in [-0.3, -0.25) is 4.79 Å². The summed E-state index contributed by atoms with van der Waals surface area (Å²) < 4.78 is 40.3. The molecule has 29 heavy (non-hydrogen) atoms. The predicted octanol–water partition coefficient (Wildman–Crippen LogP) is 1.27. The molecule has 0 spiro atoms. The van der Waals surface area contributed by atoms with Crippen LogP contribution in [0.25, 0.3) is 6.08 Å². The molecule has 0 atom stereocenters. The molecule has 2 N–H and O–H groups in total. The number of carbonyl (C=O) groups is 1. The number of benzene rings is 2. The Labute approximate surface area is 170 Å². The fourth-order valence-corrected chi connectivity index (χ4v) is 4.38. The Morgan fingerprint density at radius 3 is 2.52 bits per heavy atom. The molecule has 1 amide bonds. The van der Waals surface area contributed by atoms with E-state index in [0.717, 1.165) is 16.0 Å². The highest BCUT2D eigenvalue weighted by molar-refractivity contribution is 7.92. The topological polar surface area (TPSA) is 70.9 Å². The summed E-state index contributed by atoms with van der Waals surface area (Å²) in [6.07, 6.45) is 1.58. The number of nitrogens with zero attached hydrogens (tertiary/aromatic N) is 1. The highest BCUT2D eigenvalue weighted by atomic mass is 32.2. The number of piperazine rings is 1. The molecular weight excluding hydrogens is 393 g/mol. The summed E-state index contributed by atoms with van der Waals surface area (Å²) in [5.41, 5.74) is 1.76. The van der Waals surface area contributed by atoms with Gasteiger partial charge in [0, 0.05) is 5.41 Å². The molecule has 1 saturated heterocycles. The molecule has 1 fully saturated rings. The number of sulfonamides is 1. The maximum absolute atomic E-state index is 13.9. The van der Waals surface area contributed by atoms with E-state index in [0.29, 0.717) is 26.2 Å². The SMILES string of the molecule is Cc1ccc(NC(=O)C[NH+]2CCN(S(=O)(=O)/C=C/c3ccccc3)CC2)c(F)c1. The Kier molecular flexibility index (Phi) is 6.79. The minimum atomic E-state index is -3.50. The third-order valence-electron chi connectivity index (χ3n) is 4.83. The predicted molar refractivity (Wildman–Crippen MR) is 111 cm³/mol. The van der Waals surface area contributed by atoms with Crippen LogP contribution < -0.4 is 10.2 Å². The Bertz CT molecular complexity index is 985. The first-order valence-corrected chi connectivity index (χ1v) is 11.0. The molecule has 8 heteroatoms. The Hall–Kier alpha value is -2.55. The van der Waals surface area contributed by atoms with Gasteiger partial charge in [-0.25, -0.2) is 12.8 Å². The first-order valence-electron chi connectivity index (χ1n) is 9.46. The molecular formula is C21H25FN3O3S+. The Balaban J connectivity index is 1.50. The average molecular weight is 419 g/mol. The molecule has 0 aliphatic carbocycles. The molecule has 3 rings (SSSR count). The molecule has 0 bridgehead atoms. The van der Waals surface area contributed by atoms with Crippen LogP contribution in [0.2, 0.25) is 0 Å². The van der Waals surface area contributed by atoms with E-state index in [2.05, 4.69) is 5.32 Å². The smallest absolute Gasteiger partial charge is 0.279 e. The number of nitrogens with one attached hydrogen (secondary N) is 2. The van der Waals surface area contributed by atoms with E-state index in [1.807, 2.05) is 30.3 Å². The van der Waals surface area contributed by atoms with Crippen molar-refractivity contribution in [1.82, 2.24) is 4.31 Å². The second-order valence-corrected chi connectivity index (χ2v) is 8.93. The number of quaternary nitrogens is 1. The molecule has 6 nitrogen and oxygen atoms in total. The van der Waals surface area contributed by atoms with Crippen LogP contribution in [-0.2, 0) is 14.8 Å². The van der Waals surface area contributed by atoms with E-state index in [1.54, 1.807) is 25.1 Å². The van der Waals surface area contributed by atoms with Gasteiger partial charge in [0.25, 0.3) is 5.91 Å². The van der Waals surface area contributed by atoms with Crippen molar-refractivity contribution in [3.05, 3.63) is 70.9 Å². The number of hydrogen-bond acceptors (Lipinski definition) is 3. The number of aryl methyl sites for hydroxylation is 1. The molecule has 154 valence electrons. The van der Waals surface area contributed by atoms with Gasteiger partial charge in [-0.05, 0) is 36.3 Å². The third kappa shape index (κ3) is 5.96. The van der Waals surface area contributed by atoms with E-state index in [9.17, 15) is 17.6 Å². The fraction of sp³-hybridized carbons (Fsp3) is 0.286. The lowest BCUT2D eigenvalue weighted by atomic mass is 10.2. The zero-order valence-corrected chi connectivity index (χ0v) is 17.1. The van der Waals surface area contributed by atoms with Crippen LogP contribution in [0.1, 0.15) is 11.1 Å². The van der Waals surface area contributed by atoms with Crippen LogP contribution in [0, 0.1) is 12.7 Å². The maximum Gasteiger partial charge on any atom is 0.279 e. The highest BCUT2D eigenvalue weighted by Crippen LogP contribution is 2.14. The molecule has 0 radical (unpaired) electrons. The molecule has 0 unspecified atom stereocenters. The van der Waals surface area contributed by atoms with Crippen molar-refractivity contribution in [3.8, 4) is 0 Å². The maximum atomic E-state index is 13.9. The van der Waals surface area contributed by atoms with Crippen LogP contribution in [0.15, 0.2) is 53.9 Å². The van der Waals surface area contributed by atoms with Crippen LogP contribution in [0.5, 0.6) is 0 Å². The third-order valence-corrected chi connectivity index (χ3v) is 6.40. The molecule has 1 aliphatic heterocycles. The summed E-state index contributed by atoms with van der Waals surface area (Å²) in [5.74, 6) is -0.752. The van der Waals surface area contributed by atoms with Gasteiger partial charge in [0.15, 0.2) is 6.54 Å². The molecule has 1 aliphatic rings. The first-order chi connectivity index (χ1) is 13.8. The van der Waals surface area contributed by atoms with Crippen molar-refractivity contribution < 1.29 is 22.5 Å². The molecule has 0 saturated carbocycles. The normalized spacial score (nSPS) is 16.2. The lowest BCUT2D eigenvalue weighted by Gasteiger charge is -2.30. The van der Waals surface area contributed by atoms with Gasteiger partial charge in [-0.2, -0.15) is 4.31 Å². The van der Waals surface area contributed by atoms with E-state index in [-0.39, 0.29) is 18.1 Å². The van der Waals surface area contributed by atoms with Gasteiger partial charge in [0.1, 0.15) is 5.82 Å². The van der Waals surface area contributed by atoms with Crippen molar-refractivity contribution in [3.63, 3.8) is 0 Å². The van der Waals surface area contributed by atoms with E-state index >= 15 is 0 Å². The van der Waals surface area contributed by atoms with E-state index < -0.39 is 15.8 Å². The van der Waals surface area contributed by atoms with Crippen molar-refractivity contribution in [1.29, 1.82) is 0 Å². The summed E-state index contributed by atoms with van der Waals surface area (Å²) in [4.78, 5) is 13.2. The van der Waals surface area contributed by atoms with E-state index in [4.69, 9.17) is 0 Å². The number of carbonyl (C=O) groups excluding carboxylic acids is 1. The van der Waals surface area contributed by atoms with Gasteiger partial charge in [-0.1, -0.05) is 36.4 Å². The first kappa shape index (κ1) is 21.2. The van der Waals surface area contributed by atoms with Crippen LogP contribution >= 0.6 is 0 Å². The summed E-state index contributed by atoms with van der Waals surface area (Å²) in [5, 5.41) is 3.81. The fourth-order valence-electron chi connectivity index (χ4n) is 3.19. The van der Waals surface area contributed by atoms with Gasteiger partial charge in [0.2, 0.25) is 10.0 Å². The molecule has 1 heterocycles. The summed E-state index contributed by atoms with van der Waals surface area (Å²) >= 11 is 0. The summed E-state index contributed by atoms with van der Waals surface area (Å²) in [6, 6.07) is 13.9. The number of rotatable bonds is 6. The summed E-state index contributed by atoms with van der Waals surface area (Å²) in [6.45, 7) is 3.65. The Morgan fingerprint density at radius 1 is 1.17 bits per heavy atom. The minimum absolute atomic E-state index is 0.160. The van der Waals surface area contributed by atoms with Crippen molar-refractivity contribution >= 4 is 27.7 Å². The van der Waals surface area contributed by atoms with Gasteiger partial charge in [-0.15, -0.1) is 0 Å². The van der Waals surface area contributed by atoms with Crippen LogP contribution in [0.3, 0.4) is 0 Å². The molecule has 2 aromatic carbocycles. The standard InChI is InChI=1S/C21H24FN3O3S/c1-17-7-8-20(19(22)15-17)23-21(26)16-24-10-12-25(13-11-24)29(27,28)14-9-18-5-3-2-4-6-18/h2-9,14-15H,10-13,16H2,1H3,(H,23,26)/p+1/b14-9+. The van der Waals surface area contributed by atoms with Gasteiger partial charge < -0.3 is 10.2 Å². The summed E-state index contributed by atoms with van der Waals surface area (Å²) in [7, 11) is -3.50. The second-order valence-electron chi connectivity index (χ2n) is 7.12. The second kappa shape index (κ2) is 9.30. The lowest BCUT2D eigenvalue weighted by Crippen LogP contribution is -3.15. The number of halogens is 1. The highest BCUT2D eigenvalue weighted by Gasteiger charge is 2.28. The van der Waals surface area contributed by atoms with Gasteiger partial charge in [0.05, 0.1) is 31.9 Å². The number of hydrogen-bond donors (Lipinski definition) is 2. The van der Waals surface area contributed by atoms with E-state index in [1.165, 1.54) is 15.8 Å². The quantitative estimate of drug-likeness (QED) is 0.742. The Morgan fingerprint density at radius 2 is 1.86 bits per heavy atom. The zero-order valence-electron chi connectivity index (χ0n) is 16.3. The van der Waals surface area contributed by atoms with Crippen LogP contribution in [-0.4, -0.2) is 51.4 Å². The van der Waals surface area contributed by atoms with Gasteiger partial charge >= 0.3 is 0 Å².